The first-order chi connectivity index (χ1) is 25.8. The van der Waals surface area contributed by atoms with E-state index in [1.807, 2.05) is 0 Å². The molecule has 0 radical (unpaired) electrons. The third-order valence-electron chi connectivity index (χ3n) is 7.05. The van der Waals surface area contributed by atoms with Crippen molar-refractivity contribution in [1.82, 2.24) is 15.0 Å². The molecule has 0 spiro atoms. The predicted octanol–water partition coefficient (Wildman–Crippen LogP) is 6.29. The van der Waals surface area contributed by atoms with Crippen LogP contribution < -0.4 is 10.6 Å². The van der Waals surface area contributed by atoms with Crippen molar-refractivity contribution < 1.29 is 71.0 Å². The van der Waals surface area contributed by atoms with E-state index in [4.69, 9.17) is 16.2 Å². The molecule has 5 rings (SSSR count). The average molecular weight is 900 g/mol. The highest BCUT2D eigenvalue weighted by Crippen LogP contribution is 2.54. The normalized spacial score (nSPS) is 13.6. The van der Waals surface area contributed by atoms with E-state index < -0.39 is 96.3 Å². The van der Waals surface area contributed by atoms with Crippen LogP contribution in [0.25, 0.3) is 10.8 Å². The van der Waals surface area contributed by atoms with Crippen molar-refractivity contribution in [2.45, 2.75) is 19.6 Å². The Morgan fingerprint density at radius 2 is 1.25 bits per heavy atom. The molecule has 0 atom stereocenters. The molecule has 0 saturated carbocycles. The maximum atomic E-state index is 12.5. The number of hydrogen-bond acceptors (Lipinski definition) is 21. The second kappa shape index (κ2) is 15.9. The highest BCUT2D eigenvalue weighted by atomic mass is 35.5. The Morgan fingerprint density at radius 1 is 0.661 bits per heavy atom. The molecule has 11 N–H and O–H groups in total. The summed E-state index contributed by atoms with van der Waals surface area (Å²) < 4.78 is 152. The molecule has 1 heterocycles. The summed E-state index contributed by atoms with van der Waals surface area (Å²) in [5, 5.41) is 23.7. The molecule has 4 aromatic carbocycles. The summed E-state index contributed by atoms with van der Waals surface area (Å²) in [6.07, 6.45) is 0. The second-order valence-electron chi connectivity index (χ2n) is 10.9. The smallest absolute Gasteiger partial charge is 0.397 e. The Labute approximate surface area is 324 Å². The first kappa shape index (κ1) is 42.8. The molecule has 5 aromatic rings. The van der Waals surface area contributed by atoms with Gasteiger partial charge in [0.1, 0.15) is 38.0 Å². The van der Waals surface area contributed by atoms with Crippen LogP contribution in [0.15, 0.2) is 96.5 Å². The zero-order chi connectivity index (χ0) is 41.4. The number of aromatic hydroxyl groups is 1. The van der Waals surface area contributed by atoms with E-state index in [-0.39, 0.29) is 44.2 Å². The van der Waals surface area contributed by atoms with Crippen molar-refractivity contribution in [3.63, 3.8) is 0 Å². The Kier molecular flexibility index (Phi) is 12.1. The zero-order valence-corrected chi connectivity index (χ0v) is 32.1. The molecule has 0 saturated heterocycles. The first-order valence-corrected chi connectivity index (χ1v) is 22.4. The topological polar surface area (TPSA) is 381 Å². The SMILES string of the molecule is O=S(=O)(O)OCCS(=O)(=O)c1ccc(Nc2nc(Cl)nc(Nc3ccc4c(O)c(N=Nc5cc(S(O)(O)O)ccc5S(=O)(=O)O)c(S(O)(O)O)cc4c3)n2)cc1. The van der Waals surface area contributed by atoms with Gasteiger partial charge in [0.25, 0.3) is 10.1 Å². The number of aromatic nitrogens is 3. The van der Waals surface area contributed by atoms with Gasteiger partial charge < -0.3 is 43.1 Å². The van der Waals surface area contributed by atoms with Crippen molar-refractivity contribution >= 4 is 109 Å². The largest absolute Gasteiger partial charge is 0.505 e. The van der Waals surface area contributed by atoms with Crippen LogP contribution in [0.3, 0.4) is 0 Å². The maximum absolute atomic E-state index is 12.5. The summed E-state index contributed by atoms with van der Waals surface area (Å²) in [4.78, 5) is 9.55. The first-order valence-electron chi connectivity index (χ1n) is 14.5. The fourth-order valence-electron chi connectivity index (χ4n) is 4.64. The maximum Gasteiger partial charge on any atom is 0.397 e. The molecule has 302 valence electrons. The van der Waals surface area contributed by atoms with Gasteiger partial charge in [-0.1, -0.05) is 0 Å². The van der Waals surface area contributed by atoms with Gasteiger partial charge >= 0.3 is 10.4 Å². The molecule has 0 fully saturated rings. The minimum Gasteiger partial charge on any atom is -0.505 e. The zero-order valence-electron chi connectivity index (χ0n) is 27.3. The van der Waals surface area contributed by atoms with Crippen molar-refractivity contribution in [1.29, 1.82) is 0 Å². The average Bonchev–Trinajstić information content (AvgIpc) is 3.05. The van der Waals surface area contributed by atoms with Gasteiger partial charge in [-0.25, -0.2) is 12.6 Å². The molecule has 0 bridgehead atoms. The van der Waals surface area contributed by atoms with E-state index in [1.165, 1.54) is 42.5 Å². The molecule has 23 nitrogen and oxygen atoms in total. The van der Waals surface area contributed by atoms with Crippen LogP contribution >= 0.6 is 33.3 Å². The molecular weight excluding hydrogens is 874 g/mol. The summed E-state index contributed by atoms with van der Waals surface area (Å²) in [5.41, 5.74) is -1.08. The fourth-order valence-corrected chi connectivity index (χ4v) is 8.09. The lowest BCUT2D eigenvalue weighted by Gasteiger charge is -2.22. The molecule has 0 unspecified atom stereocenters. The lowest BCUT2D eigenvalue weighted by atomic mass is 10.1. The van der Waals surface area contributed by atoms with Gasteiger partial charge in [0.05, 0.1) is 27.0 Å². The lowest BCUT2D eigenvalue weighted by molar-refractivity contribution is 0.284. The molecule has 56 heavy (non-hydrogen) atoms. The van der Waals surface area contributed by atoms with Gasteiger partial charge in [-0.2, -0.15) is 31.8 Å². The van der Waals surface area contributed by atoms with E-state index in [0.29, 0.717) is 12.1 Å². The van der Waals surface area contributed by atoms with Crippen LogP contribution in [0.4, 0.5) is 34.6 Å². The van der Waals surface area contributed by atoms with Gasteiger partial charge in [0.15, 0.2) is 15.6 Å². The summed E-state index contributed by atoms with van der Waals surface area (Å²) in [5.74, 6) is -1.83. The van der Waals surface area contributed by atoms with Crippen LogP contribution in [0, 0.1) is 0 Å². The molecule has 0 aliphatic carbocycles. The highest BCUT2D eigenvalue weighted by molar-refractivity contribution is 8.19. The standard InChI is InChI=1S/C27H26ClN7O16S5/c28-25-31-26(29-15-1-4-17(5-2-15)52(37,38)10-9-51-56(48,49)50)33-27(32-25)30-16-3-7-19-14(11-16)12-22(55(45,46)47)23(24(19)36)35-34-20-13-18(53(39,40)41)6-8-21(20)54(42,43)44/h1-8,11-13,36,39-41,45-47H,9-10H2,(H,42,43,44)(H,48,49,50)(H2,29,30,31,32,33). The summed E-state index contributed by atoms with van der Waals surface area (Å²) in [6.45, 7) is -0.815. The van der Waals surface area contributed by atoms with Gasteiger partial charge in [-0.3, -0.25) is 9.11 Å². The van der Waals surface area contributed by atoms with E-state index in [0.717, 1.165) is 12.1 Å². The van der Waals surface area contributed by atoms with E-state index >= 15 is 0 Å². The third kappa shape index (κ3) is 10.7. The molecule has 1 aromatic heterocycles. The Morgan fingerprint density at radius 3 is 1.82 bits per heavy atom. The molecule has 29 heteroatoms. The van der Waals surface area contributed by atoms with Crippen LogP contribution in [0.2, 0.25) is 5.28 Å². The minimum atomic E-state index is -5.02. The molecular formula is C27H26ClN7O16S5. The van der Waals surface area contributed by atoms with Crippen LogP contribution in [-0.2, 0) is 34.5 Å². The number of phenolic OH excluding ortho intramolecular Hbond substituents is 1. The second-order valence-corrected chi connectivity index (χ2v) is 18.9. The molecule has 0 aliphatic rings. The number of rotatable bonds is 14. The van der Waals surface area contributed by atoms with E-state index in [1.54, 1.807) is 0 Å². The predicted molar refractivity (Wildman–Crippen MR) is 201 cm³/mol. The Balaban J connectivity index is 1.42. The number of halogens is 1. The Bertz CT molecular complexity index is 2700. The number of nitrogens with zero attached hydrogens (tertiary/aromatic N) is 5. The number of benzene rings is 4. The van der Waals surface area contributed by atoms with Gasteiger partial charge in [0, 0.05) is 16.8 Å². The minimum absolute atomic E-state index is 0.0300. The lowest BCUT2D eigenvalue weighted by Crippen LogP contribution is -2.15. The van der Waals surface area contributed by atoms with Gasteiger partial charge in [-0.05, 0) is 83.7 Å². The number of nitrogens with one attached hydrogen (secondary N) is 2. The van der Waals surface area contributed by atoms with Crippen LogP contribution in [0.5, 0.6) is 5.75 Å². The monoisotopic (exact) mass is 899 g/mol. The summed E-state index contributed by atoms with van der Waals surface area (Å²) in [7, 11) is -23.0. The third-order valence-corrected chi connectivity index (χ3v) is 12.1. The Hall–Kier alpha value is -4.37. The van der Waals surface area contributed by atoms with Crippen molar-refractivity contribution in [3.8, 4) is 5.75 Å². The molecule has 0 aliphatic heterocycles. The highest BCUT2D eigenvalue weighted by Gasteiger charge is 2.27. The number of fused-ring (bicyclic) bond motifs is 1. The van der Waals surface area contributed by atoms with Crippen LogP contribution in [0.1, 0.15) is 0 Å². The van der Waals surface area contributed by atoms with Crippen LogP contribution in [-0.4, -0.2) is 94.1 Å². The van der Waals surface area contributed by atoms with Gasteiger partial charge in [0.2, 0.25) is 17.2 Å². The number of phenols is 1. The van der Waals surface area contributed by atoms with Gasteiger partial charge in [-0.15, -0.1) is 10.2 Å². The number of sulfone groups is 1. The number of azo groups is 1. The van der Waals surface area contributed by atoms with E-state index in [2.05, 4.69) is 40.0 Å². The number of hydrogen-bond donors (Lipinski definition) is 11. The van der Waals surface area contributed by atoms with Crippen molar-refractivity contribution in [2.75, 3.05) is 23.0 Å². The fraction of sp³-hybridized carbons (Fsp3) is 0.0741. The van der Waals surface area contributed by atoms with Crippen molar-refractivity contribution in [2.24, 2.45) is 10.2 Å². The summed E-state index contributed by atoms with van der Waals surface area (Å²) >= 11 is 6.08. The van der Waals surface area contributed by atoms with Crippen molar-refractivity contribution in [3.05, 3.63) is 72.0 Å². The number of anilines is 4. The summed E-state index contributed by atoms with van der Waals surface area (Å²) in [6, 6.07) is 12.2. The quantitative estimate of drug-likeness (QED) is 0.0430. The molecule has 0 amide bonds. The van der Waals surface area contributed by atoms with E-state index in [9.17, 15) is 62.2 Å².